The Kier molecular flexibility index (Phi) is 3.01. The highest BCUT2D eigenvalue weighted by Gasteiger charge is 2.16. The molecule has 2 nitrogen and oxygen atoms in total. The molecule has 1 N–H and O–H groups in total. The van der Waals surface area contributed by atoms with Gasteiger partial charge in [0.25, 0.3) is 0 Å². The minimum absolute atomic E-state index is 0.664. The second-order valence-electron chi connectivity index (χ2n) is 3.46. The van der Waals surface area contributed by atoms with Crippen LogP contribution in [0.3, 0.4) is 0 Å². The first kappa shape index (κ1) is 9.62. The van der Waals surface area contributed by atoms with E-state index in [2.05, 4.69) is 26.2 Å². The molecule has 1 saturated heterocycles. The van der Waals surface area contributed by atoms with E-state index in [1.807, 2.05) is 6.92 Å². The van der Waals surface area contributed by atoms with E-state index in [4.69, 9.17) is 0 Å². The Balaban J connectivity index is 2.00. The Morgan fingerprint density at radius 3 is 3.08 bits per heavy atom. The van der Waals surface area contributed by atoms with E-state index in [1.54, 1.807) is 11.3 Å². The summed E-state index contributed by atoms with van der Waals surface area (Å²) in [5.41, 5.74) is 1.12. The molecule has 0 saturated carbocycles. The Morgan fingerprint density at radius 1 is 1.69 bits per heavy atom. The molecule has 0 amide bonds. The van der Waals surface area contributed by atoms with Crippen molar-refractivity contribution in [3.8, 4) is 0 Å². The Morgan fingerprint density at radius 2 is 2.54 bits per heavy atom. The summed E-state index contributed by atoms with van der Waals surface area (Å²) in [6.45, 7) is 3.22. The number of aryl methyl sites for hydroxylation is 1. The standard InChI is InChI=1S/C9H13BrN2S/c1-6-9(10)13-8(12-6)5-7-3-2-4-11-7/h7,11H,2-5H2,1H3. The van der Waals surface area contributed by atoms with Gasteiger partial charge in [0.2, 0.25) is 0 Å². The maximum Gasteiger partial charge on any atom is 0.0955 e. The zero-order chi connectivity index (χ0) is 9.26. The van der Waals surface area contributed by atoms with Crippen molar-refractivity contribution in [2.45, 2.75) is 32.2 Å². The number of hydrogen-bond donors (Lipinski definition) is 1. The van der Waals surface area contributed by atoms with Crippen molar-refractivity contribution < 1.29 is 0 Å². The third-order valence-corrected chi connectivity index (χ3v) is 4.40. The molecule has 1 aromatic rings. The SMILES string of the molecule is Cc1nc(CC2CCCN2)sc1Br. The van der Waals surface area contributed by atoms with Gasteiger partial charge in [-0.15, -0.1) is 11.3 Å². The van der Waals surface area contributed by atoms with Crippen LogP contribution in [0.15, 0.2) is 3.79 Å². The highest BCUT2D eigenvalue weighted by atomic mass is 79.9. The van der Waals surface area contributed by atoms with Gasteiger partial charge in [0.05, 0.1) is 14.5 Å². The molecule has 2 heterocycles. The number of thiazole rings is 1. The molecule has 0 aliphatic carbocycles. The molecule has 0 bridgehead atoms. The van der Waals surface area contributed by atoms with Crippen molar-refractivity contribution in [2.75, 3.05) is 6.54 Å². The Bertz CT molecular complexity index is 272. The predicted molar refractivity (Wildman–Crippen MR) is 59.3 cm³/mol. The average molecular weight is 261 g/mol. The number of rotatable bonds is 2. The predicted octanol–water partition coefficient (Wildman–Crippen LogP) is 2.51. The van der Waals surface area contributed by atoms with Crippen molar-refractivity contribution in [3.63, 3.8) is 0 Å². The normalized spacial score (nSPS) is 22.5. The third-order valence-electron chi connectivity index (χ3n) is 2.37. The molecular formula is C9H13BrN2S. The second kappa shape index (κ2) is 4.07. The lowest BCUT2D eigenvalue weighted by molar-refractivity contribution is 0.601. The van der Waals surface area contributed by atoms with Gasteiger partial charge >= 0.3 is 0 Å². The van der Waals surface area contributed by atoms with E-state index >= 15 is 0 Å². The van der Waals surface area contributed by atoms with Crippen LogP contribution in [-0.2, 0) is 6.42 Å². The zero-order valence-corrected chi connectivity index (χ0v) is 10.0. The summed E-state index contributed by atoms with van der Waals surface area (Å²) in [6, 6.07) is 0.664. The largest absolute Gasteiger partial charge is 0.314 e. The summed E-state index contributed by atoms with van der Waals surface area (Å²) in [5, 5.41) is 4.74. The summed E-state index contributed by atoms with van der Waals surface area (Å²) in [6.07, 6.45) is 3.71. The van der Waals surface area contributed by atoms with Crippen LogP contribution in [0.2, 0.25) is 0 Å². The lowest BCUT2D eigenvalue weighted by Gasteiger charge is -2.05. The third kappa shape index (κ3) is 2.30. The zero-order valence-electron chi connectivity index (χ0n) is 7.64. The van der Waals surface area contributed by atoms with E-state index < -0.39 is 0 Å². The minimum atomic E-state index is 0.664. The monoisotopic (exact) mass is 260 g/mol. The quantitative estimate of drug-likeness (QED) is 0.884. The highest BCUT2D eigenvalue weighted by Crippen LogP contribution is 2.25. The first-order valence-electron chi connectivity index (χ1n) is 4.61. The molecule has 1 aliphatic heterocycles. The smallest absolute Gasteiger partial charge is 0.0955 e. The van der Waals surface area contributed by atoms with E-state index in [9.17, 15) is 0 Å². The number of aromatic nitrogens is 1. The molecule has 4 heteroatoms. The van der Waals surface area contributed by atoms with Gasteiger partial charge < -0.3 is 5.32 Å². The van der Waals surface area contributed by atoms with Crippen LogP contribution in [0.4, 0.5) is 0 Å². The van der Waals surface area contributed by atoms with Crippen LogP contribution in [0, 0.1) is 6.92 Å². The number of nitrogens with zero attached hydrogens (tertiary/aromatic N) is 1. The molecule has 1 aliphatic rings. The van der Waals surface area contributed by atoms with Gasteiger partial charge in [-0.25, -0.2) is 4.98 Å². The van der Waals surface area contributed by atoms with Gasteiger partial charge in [-0.2, -0.15) is 0 Å². The van der Waals surface area contributed by atoms with Crippen LogP contribution < -0.4 is 5.32 Å². The fraction of sp³-hybridized carbons (Fsp3) is 0.667. The van der Waals surface area contributed by atoms with E-state index in [0.29, 0.717) is 6.04 Å². The number of nitrogens with one attached hydrogen (secondary N) is 1. The first-order chi connectivity index (χ1) is 6.25. The summed E-state index contributed by atoms with van der Waals surface area (Å²) in [4.78, 5) is 4.51. The molecule has 0 radical (unpaired) electrons. The van der Waals surface area contributed by atoms with Gasteiger partial charge in [0.1, 0.15) is 0 Å². The number of halogens is 1. The van der Waals surface area contributed by atoms with Crippen LogP contribution >= 0.6 is 27.3 Å². The van der Waals surface area contributed by atoms with Crippen molar-refractivity contribution >= 4 is 27.3 Å². The lowest BCUT2D eigenvalue weighted by atomic mass is 10.2. The molecule has 72 valence electrons. The molecular weight excluding hydrogens is 248 g/mol. The van der Waals surface area contributed by atoms with Crippen LogP contribution in [0.25, 0.3) is 0 Å². The minimum Gasteiger partial charge on any atom is -0.314 e. The Labute approximate surface area is 90.9 Å². The summed E-state index contributed by atoms with van der Waals surface area (Å²) in [5.74, 6) is 0. The summed E-state index contributed by atoms with van der Waals surface area (Å²) in [7, 11) is 0. The van der Waals surface area contributed by atoms with Gasteiger partial charge in [-0.05, 0) is 42.2 Å². The van der Waals surface area contributed by atoms with Crippen LogP contribution in [-0.4, -0.2) is 17.6 Å². The van der Waals surface area contributed by atoms with Crippen molar-refractivity contribution in [1.82, 2.24) is 10.3 Å². The molecule has 1 unspecified atom stereocenters. The lowest BCUT2D eigenvalue weighted by Crippen LogP contribution is -2.23. The first-order valence-corrected chi connectivity index (χ1v) is 6.22. The van der Waals surface area contributed by atoms with Gasteiger partial charge in [-0.1, -0.05) is 0 Å². The maximum absolute atomic E-state index is 4.51. The van der Waals surface area contributed by atoms with E-state index in [0.717, 1.165) is 12.1 Å². The maximum atomic E-state index is 4.51. The fourth-order valence-corrected chi connectivity index (χ4v) is 3.18. The summed E-state index contributed by atoms with van der Waals surface area (Å²) >= 11 is 5.27. The van der Waals surface area contributed by atoms with E-state index in [1.165, 1.54) is 28.2 Å². The Hall–Kier alpha value is 0.0700. The molecule has 1 atom stereocenters. The fourth-order valence-electron chi connectivity index (χ4n) is 1.66. The molecule has 13 heavy (non-hydrogen) atoms. The second-order valence-corrected chi connectivity index (χ2v) is 5.87. The van der Waals surface area contributed by atoms with Gasteiger partial charge in [-0.3, -0.25) is 0 Å². The highest BCUT2D eigenvalue weighted by molar-refractivity contribution is 9.11. The van der Waals surface area contributed by atoms with Gasteiger partial charge in [0, 0.05) is 12.5 Å². The van der Waals surface area contributed by atoms with E-state index in [-0.39, 0.29) is 0 Å². The average Bonchev–Trinajstić information content (AvgIpc) is 2.64. The van der Waals surface area contributed by atoms with Gasteiger partial charge in [0.15, 0.2) is 0 Å². The van der Waals surface area contributed by atoms with Crippen LogP contribution in [0.1, 0.15) is 23.5 Å². The molecule has 1 aromatic heterocycles. The molecule has 0 spiro atoms. The van der Waals surface area contributed by atoms with Crippen molar-refractivity contribution in [1.29, 1.82) is 0 Å². The van der Waals surface area contributed by atoms with Crippen molar-refractivity contribution in [2.24, 2.45) is 0 Å². The molecule has 1 fully saturated rings. The summed E-state index contributed by atoms with van der Waals surface area (Å²) < 4.78 is 1.18. The molecule has 2 rings (SSSR count). The molecule has 0 aromatic carbocycles. The van der Waals surface area contributed by atoms with Crippen molar-refractivity contribution in [3.05, 3.63) is 14.5 Å². The van der Waals surface area contributed by atoms with Crippen LogP contribution in [0.5, 0.6) is 0 Å². The number of hydrogen-bond acceptors (Lipinski definition) is 3. The topological polar surface area (TPSA) is 24.9 Å².